The molecule has 1 aliphatic heterocycles. The maximum atomic E-state index is 12.7. The maximum absolute atomic E-state index is 12.7. The lowest BCUT2D eigenvalue weighted by Crippen LogP contribution is -2.44. The van der Waals surface area contributed by atoms with Gasteiger partial charge in [-0.3, -0.25) is 9.59 Å². The zero-order chi connectivity index (χ0) is 16.9. The standard InChI is InChI=1S/C19H26N2O2/c1-4-17(22)20-13-15-7-9-16(10-8-15)18(23)21-12-6-11-19(3,5-2)14-21/h4,7-10H,1,5-6,11-14H2,2-3H3,(H,20,22). The Labute approximate surface area is 138 Å². The third-order valence-electron chi connectivity index (χ3n) is 4.77. The number of hydrogen-bond donors (Lipinski definition) is 1. The molecule has 1 aliphatic rings. The molecular formula is C19H26N2O2. The van der Waals surface area contributed by atoms with Crippen molar-refractivity contribution in [3.05, 3.63) is 48.0 Å². The number of nitrogens with one attached hydrogen (secondary N) is 1. The Morgan fingerprint density at radius 3 is 2.65 bits per heavy atom. The molecule has 0 spiro atoms. The Kier molecular flexibility index (Phi) is 5.59. The third kappa shape index (κ3) is 4.44. The topological polar surface area (TPSA) is 49.4 Å². The minimum atomic E-state index is -0.197. The molecule has 0 aromatic heterocycles. The van der Waals surface area contributed by atoms with E-state index >= 15 is 0 Å². The maximum Gasteiger partial charge on any atom is 0.253 e. The summed E-state index contributed by atoms with van der Waals surface area (Å²) in [5.41, 5.74) is 1.92. The smallest absolute Gasteiger partial charge is 0.253 e. The molecule has 1 aromatic carbocycles. The molecule has 2 amide bonds. The molecule has 23 heavy (non-hydrogen) atoms. The van der Waals surface area contributed by atoms with Crippen LogP contribution in [0, 0.1) is 5.41 Å². The largest absolute Gasteiger partial charge is 0.348 e. The second-order valence-corrected chi connectivity index (χ2v) is 6.61. The highest BCUT2D eigenvalue weighted by atomic mass is 16.2. The molecule has 0 aliphatic carbocycles. The van der Waals surface area contributed by atoms with Crippen LogP contribution >= 0.6 is 0 Å². The number of amides is 2. The Hall–Kier alpha value is -2.10. The van der Waals surface area contributed by atoms with Gasteiger partial charge in [0.2, 0.25) is 5.91 Å². The Morgan fingerprint density at radius 2 is 2.04 bits per heavy atom. The Morgan fingerprint density at radius 1 is 1.35 bits per heavy atom. The summed E-state index contributed by atoms with van der Waals surface area (Å²) in [5, 5.41) is 2.73. The second-order valence-electron chi connectivity index (χ2n) is 6.61. The van der Waals surface area contributed by atoms with Crippen LogP contribution in [0.15, 0.2) is 36.9 Å². The van der Waals surface area contributed by atoms with Gasteiger partial charge in [-0.25, -0.2) is 0 Å². The molecule has 4 nitrogen and oxygen atoms in total. The molecule has 1 unspecified atom stereocenters. The predicted octanol–water partition coefficient (Wildman–Crippen LogP) is 3.14. The molecule has 0 bridgehead atoms. The predicted molar refractivity (Wildman–Crippen MR) is 92.0 cm³/mol. The van der Waals surface area contributed by atoms with Gasteiger partial charge in [0.1, 0.15) is 0 Å². The van der Waals surface area contributed by atoms with Gasteiger partial charge in [0.25, 0.3) is 5.91 Å². The van der Waals surface area contributed by atoms with E-state index < -0.39 is 0 Å². The van der Waals surface area contributed by atoms with Gasteiger partial charge in [-0.1, -0.05) is 32.6 Å². The number of hydrogen-bond acceptors (Lipinski definition) is 2. The molecular weight excluding hydrogens is 288 g/mol. The van der Waals surface area contributed by atoms with Crippen LogP contribution in [0.25, 0.3) is 0 Å². The van der Waals surface area contributed by atoms with Crippen molar-refractivity contribution in [3.63, 3.8) is 0 Å². The molecule has 0 radical (unpaired) electrons. The van der Waals surface area contributed by atoms with Gasteiger partial charge in [-0.15, -0.1) is 0 Å². The van der Waals surface area contributed by atoms with E-state index in [0.29, 0.717) is 12.1 Å². The fourth-order valence-electron chi connectivity index (χ4n) is 2.99. The summed E-state index contributed by atoms with van der Waals surface area (Å²) in [6, 6.07) is 7.46. The zero-order valence-corrected chi connectivity index (χ0v) is 14.1. The summed E-state index contributed by atoms with van der Waals surface area (Å²) >= 11 is 0. The van der Waals surface area contributed by atoms with E-state index in [1.54, 1.807) is 0 Å². The Balaban J connectivity index is 1.99. The number of piperidine rings is 1. The van der Waals surface area contributed by atoms with E-state index in [-0.39, 0.29) is 17.2 Å². The van der Waals surface area contributed by atoms with E-state index in [4.69, 9.17) is 0 Å². The van der Waals surface area contributed by atoms with Gasteiger partial charge in [-0.2, -0.15) is 0 Å². The summed E-state index contributed by atoms with van der Waals surface area (Å²) in [7, 11) is 0. The summed E-state index contributed by atoms with van der Waals surface area (Å²) < 4.78 is 0. The minimum Gasteiger partial charge on any atom is -0.348 e. The van der Waals surface area contributed by atoms with E-state index in [1.165, 1.54) is 12.5 Å². The van der Waals surface area contributed by atoms with Gasteiger partial charge in [0.15, 0.2) is 0 Å². The summed E-state index contributed by atoms with van der Waals surface area (Å²) in [6.45, 7) is 9.99. The molecule has 1 heterocycles. The number of carbonyl (C=O) groups is 2. The molecule has 1 fully saturated rings. The van der Waals surface area contributed by atoms with E-state index in [2.05, 4.69) is 25.7 Å². The molecule has 1 saturated heterocycles. The lowest BCUT2D eigenvalue weighted by Gasteiger charge is -2.40. The van der Waals surface area contributed by atoms with Crippen LogP contribution in [-0.4, -0.2) is 29.8 Å². The molecule has 2 rings (SSSR count). The normalized spacial score (nSPS) is 20.9. The van der Waals surface area contributed by atoms with Crippen molar-refractivity contribution < 1.29 is 9.59 Å². The Bertz CT molecular complexity index is 580. The average Bonchev–Trinajstić information content (AvgIpc) is 2.59. The zero-order valence-electron chi connectivity index (χ0n) is 14.1. The van der Waals surface area contributed by atoms with E-state index in [9.17, 15) is 9.59 Å². The van der Waals surface area contributed by atoms with Crippen LogP contribution in [0.1, 0.15) is 49.0 Å². The lowest BCUT2D eigenvalue weighted by molar-refractivity contribution is -0.116. The minimum absolute atomic E-state index is 0.103. The van der Waals surface area contributed by atoms with Gasteiger partial charge in [0, 0.05) is 25.2 Å². The first-order chi connectivity index (χ1) is 11.0. The lowest BCUT2D eigenvalue weighted by atomic mass is 9.79. The fraction of sp³-hybridized carbons (Fsp3) is 0.474. The van der Waals surface area contributed by atoms with Crippen molar-refractivity contribution >= 4 is 11.8 Å². The number of nitrogens with zero attached hydrogens (tertiary/aromatic N) is 1. The van der Waals surface area contributed by atoms with Gasteiger partial charge >= 0.3 is 0 Å². The third-order valence-corrected chi connectivity index (χ3v) is 4.77. The molecule has 1 aromatic rings. The fourth-order valence-corrected chi connectivity index (χ4v) is 2.99. The molecule has 1 atom stereocenters. The number of benzene rings is 1. The van der Waals surface area contributed by atoms with Crippen LogP contribution in [0.5, 0.6) is 0 Å². The quantitative estimate of drug-likeness (QED) is 0.849. The van der Waals surface area contributed by atoms with Crippen LogP contribution in [0.4, 0.5) is 0 Å². The number of likely N-dealkylation sites (tertiary alicyclic amines) is 1. The van der Waals surface area contributed by atoms with E-state index in [1.807, 2.05) is 29.2 Å². The first kappa shape index (κ1) is 17.3. The van der Waals surface area contributed by atoms with E-state index in [0.717, 1.165) is 31.5 Å². The average molecular weight is 314 g/mol. The van der Waals surface area contributed by atoms with Crippen molar-refractivity contribution in [1.29, 1.82) is 0 Å². The molecule has 124 valence electrons. The van der Waals surface area contributed by atoms with Crippen molar-refractivity contribution in [2.24, 2.45) is 5.41 Å². The molecule has 0 saturated carbocycles. The highest BCUT2D eigenvalue weighted by Gasteiger charge is 2.31. The molecule has 4 heteroatoms. The summed E-state index contributed by atoms with van der Waals surface area (Å²) in [6.07, 6.45) is 4.61. The van der Waals surface area contributed by atoms with Crippen molar-refractivity contribution in [2.45, 2.75) is 39.7 Å². The van der Waals surface area contributed by atoms with Gasteiger partial charge in [-0.05, 0) is 48.4 Å². The van der Waals surface area contributed by atoms with Crippen LogP contribution in [0.2, 0.25) is 0 Å². The summed E-state index contributed by atoms with van der Waals surface area (Å²) in [5.74, 6) is -0.0941. The van der Waals surface area contributed by atoms with Crippen molar-refractivity contribution in [2.75, 3.05) is 13.1 Å². The highest BCUT2D eigenvalue weighted by Crippen LogP contribution is 2.33. The number of carbonyl (C=O) groups excluding carboxylic acids is 2. The van der Waals surface area contributed by atoms with Gasteiger partial charge < -0.3 is 10.2 Å². The van der Waals surface area contributed by atoms with Gasteiger partial charge in [0.05, 0.1) is 0 Å². The second kappa shape index (κ2) is 7.44. The highest BCUT2D eigenvalue weighted by molar-refractivity contribution is 5.94. The van der Waals surface area contributed by atoms with Crippen LogP contribution < -0.4 is 5.32 Å². The first-order valence-corrected chi connectivity index (χ1v) is 8.26. The first-order valence-electron chi connectivity index (χ1n) is 8.26. The monoisotopic (exact) mass is 314 g/mol. The van der Waals surface area contributed by atoms with Crippen LogP contribution in [-0.2, 0) is 11.3 Å². The number of rotatable bonds is 5. The molecule has 1 N–H and O–H groups in total. The summed E-state index contributed by atoms with van der Waals surface area (Å²) in [4.78, 5) is 25.8. The van der Waals surface area contributed by atoms with Crippen molar-refractivity contribution in [1.82, 2.24) is 10.2 Å². The SMILES string of the molecule is C=CC(=O)NCc1ccc(C(=O)N2CCCC(C)(CC)C2)cc1. The van der Waals surface area contributed by atoms with Crippen molar-refractivity contribution in [3.8, 4) is 0 Å². The van der Waals surface area contributed by atoms with Crippen LogP contribution in [0.3, 0.4) is 0 Å².